The Morgan fingerprint density at radius 1 is 1.29 bits per heavy atom. The average molecular weight is 621 g/mol. The molecule has 1 saturated heterocycles. The number of anilines is 2. The second-order valence-electron chi connectivity index (χ2n) is 8.64. The Morgan fingerprint density at radius 2 is 2.00 bits per heavy atom. The molecule has 4 rings (SSSR count). The number of nitrogens with zero attached hydrogens (tertiary/aromatic N) is 6. The molecule has 3 aromatic rings. The van der Waals surface area contributed by atoms with Crippen molar-refractivity contribution in [2.75, 3.05) is 29.9 Å². The summed E-state index contributed by atoms with van der Waals surface area (Å²) < 4.78 is 41.6. The van der Waals surface area contributed by atoms with E-state index in [9.17, 15) is 32.7 Å². The molecule has 16 heteroatoms. The lowest BCUT2D eigenvalue weighted by atomic mass is 10.1. The zero-order valence-corrected chi connectivity index (χ0v) is 22.4. The fourth-order valence-electron chi connectivity index (χ4n) is 4.47. The molecule has 1 aromatic carbocycles. The van der Waals surface area contributed by atoms with E-state index in [1.165, 1.54) is 9.47 Å². The Hall–Kier alpha value is -3.33. The molecule has 1 atom stereocenters. The van der Waals surface area contributed by atoms with Gasteiger partial charge in [0.2, 0.25) is 16.4 Å². The number of carbonyl (C=O) groups excluding carboxylic acids is 1. The summed E-state index contributed by atoms with van der Waals surface area (Å²) in [4.78, 5) is 45.3. The van der Waals surface area contributed by atoms with E-state index in [0.29, 0.717) is 12.1 Å². The first-order valence-electron chi connectivity index (χ1n) is 11.4. The Labute approximate surface area is 226 Å². The molecule has 1 unspecified atom stereocenters. The van der Waals surface area contributed by atoms with E-state index in [2.05, 4.69) is 31.3 Å². The number of fused-ring (bicyclic) bond motifs is 1. The number of carbonyl (C=O) groups is 2. The number of piperazine rings is 1. The zero-order valence-electron chi connectivity index (χ0n) is 20.1. The van der Waals surface area contributed by atoms with Crippen LogP contribution in [-0.2, 0) is 23.9 Å². The lowest BCUT2D eigenvalue weighted by Gasteiger charge is -2.40. The highest BCUT2D eigenvalue weighted by Gasteiger charge is 2.33. The molecule has 0 bridgehead atoms. The minimum atomic E-state index is -4.59. The number of aromatic nitrogens is 4. The molecular formula is C22H22BrClF3N7O4. The smallest absolute Gasteiger partial charge is 0.416 e. The topological polar surface area (TPSA) is 125 Å². The van der Waals surface area contributed by atoms with Gasteiger partial charge < -0.3 is 24.8 Å². The quantitative estimate of drug-likeness (QED) is 0.446. The number of benzene rings is 1. The molecule has 38 heavy (non-hydrogen) atoms. The maximum Gasteiger partial charge on any atom is 0.416 e. The number of hydrogen-bond donors (Lipinski definition) is 2. The second-order valence-corrected chi connectivity index (χ2v) is 9.76. The molecule has 3 heterocycles. The second kappa shape index (κ2) is 10.4. The summed E-state index contributed by atoms with van der Waals surface area (Å²) >= 11 is 9.15. The van der Waals surface area contributed by atoms with E-state index < -0.39 is 29.3 Å². The fourth-order valence-corrected chi connectivity index (χ4v) is 5.01. The van der Waals surface area contributed by atoms with Gasteiger partial charge in [-0.1, -0.05) is 18.5 Å². The van der Waals surface area contributed by atoms with Gasteiger partial charge in [0.15, 0.2) is 0 Å². The lowest BCUT2D eigenvalue weighted by molar-refractivity contribution is -0.137. The van der Waals surface area contributed by atoms with Crippen molar-refractivity contribution >= 4 is 56.7 Å². The Bertz CT molecular complexity index is 1480. The van der Waals surface area contributed by atoms with Gasteiger partial charge in [-0.2, -0.15) is 22.7 Å². The van der Waals surface area contributed by atoms with E-state index in [0.717, 1.165) is 22.7 Å². The summed E-state index contributed by atoms with van der Waals surface area (Å²) in [6, 6.07) is 2.24. The van der Waals surface area contributed by atoms with Gasteiger partial charge >= 0.3 is 12.3 Å². The van der Waals surface area contributed by atoms with Gasteiger partial charge in [0.05, 0.1) is 22.0 Å². The average Bonchev–Trinajstić information content (AvgIpc) is 3.23. The SMILES string of the molecule is CCc1c(N2CCN(C(=O)O)CC2C)c(=O)n2nc(Br)nc2n1CC(=O)Nc1ccc(C(F)(F)F)cc1Cl. The first kappa shape index (κ1) is 27.7. The third-order valence-electron chi connectivity index (χ3n) is 6.19. The minimum Gasteiger partial charge on any atom is -0.465 e. The van der Waals surface area contributed by atoms with Crippen molar-refractivity contribution in [1.29, 1.82) is 0 Å². The van der Waals surface area contributed by atoms with Crippen molar-refractivity contribution in [2.45, 2.75) is 39.0 Å². The Kier molecular flexibility index (Phi) is 7.61. The highest BCUT2D eigenvalue weighted by Crippen LogP contribution is 2.34. The van der Waals surface area contributed by atoms with Crippen molar-refractivity contribution in [3.8, 4) is 0 Å². The molecule has 0 saturated carbocycles. The highest BCUT2D eigenvalue weighted by atomic mass is 79.9. The molecule has 1 aliphatic heterocycles. The van der Waals surface area contributed by atoms with E-state index in [1.54, 1.807) is 18.7 Å². The third kappa shape index (κ3) is 5.29. The third-order valence-corrected chi connectivity index (χ3v) is 6.84. The molecule has 0 spiro atoms. The first-order valence-corrected chi connectivity index (χ1v) is 12.6. The van der Waals surface area contributed by atoms with Crippen LogP contribution < -0.4 is 15.8 Å². The number of alkyl halides is 3. The summed E-state index contributed by atoms with van der Waals surface area (Å²) in [7, 11) is 0. The largest absolute Gasteiger partial charge is 0.465 e. The van der Waals surface area contributed by atoms with Gasteiger partial charge in [0.25, 0.3) is 5.56 Å². The molecule has 1 fully saturated rings. The van der Waals surface area contributed by atoms with Gasteiger partial charge in [0, 0.05) is 25.7 Å². The molecule has 11 nitrogen and oxygen atoms in total. The van der Waals surface area contributed by atoms with Crippen LogP contribution in [0.15, 0.2) is 27.7 Å². The summed E-state index contributed by atoms with van der Waals surface area (Å²) in [5.41, 5.74) is -0.720. The summed E-state index contributed by atoms with van der Waals surface area (Å²) in [6.07, 6.45) is -5.33. The normalized spacial score (nSPS) is 16.2. The molecule has 2 amide bonds. The van der Waals surface area contributed by atoms with Gasteiger partial charge in [-0.05, 0) is 47.5 Å². The van der Waals surface area contributed by atoms with Crippen molar-refractivity contribution in [2.24, 2.45) is 0 Å². The van der Waals surface area contributed by atoms with Crippen molar-refractivity contribution in [3.05, 3.63) is 49.6 Å². The maximum absolute atomic E-state index is 13.5. The molecule has 2 aromatic heterocycles. The number of amides is 2. The van der Waals surface area contributed by atoms with E-state index in [-0.39, 0.29) is 59.1 Å². The molecule has 2 N–H and O–H groups in total. The number of hydrogen-bond acceptors (Lipinski definition) is 6. The van der Waals surface area contributed by atoms with Crippen LogP contribution >= 0.6 is 27.5 Å². The van der Waals surface area contributed by atoms with Gasteiger partial charge in [-0.25, -0.2) is 4.79 Å². The van der Waals surface area contributed by atoms with Crippen molar-refractivity contribution in [1.82, 2.24) is 24.1 Å². The predicted octanol–water partition coefficient (Wildman–Crippen LogP) is 3.72. The lowest BCUT2D eigenvalue weighted by Crippen LogP contribution is -2.55. The molecular weight excluding hydrogens is 599 g/mol. The van der Waals surface area contributed by atoms with Crippen LogP contribution in [0, 0.1) is 0 Å². The van der Waals surface area contributed by atoms with Crippen LogP contribution in [0.3, 0.4) is 0 Å². The minimum absolute atomic E-state index is 0.0129. The van der Waals surface area contributed by atoms with E-state index in [1.807, 2.05) is 0 Å². The molecule has 0 aliphatic carbocycles. The number of carboxylic acid groups (broad SMARTS) is 1. The Balaban J connectivity index is 1.73. The monoisotopic (exact) mass is 619 g/mol. The van der Waals surface area contributed by atoms with Gasteiger partial charge in [-0.3, -0.25) is 9.59 Å². The van der Waals surface area contributed by atoms with Crippen LogP contribution in [0.25, 0.3) is 5.78 Å². The standard InChI is InChI=1S/C22H22BrClF3N7O4/c1-3-15-17(32-7-6-31(21(37)38)9-11(32)2)18(36)34-20(29-19(23)30-34)33(15)10-16(35)28-14-5-4-12(8-13(14)24)22(25,26)27/h4-5,8,11H,3,6-7,9-10H2,1-2H3,(H,28,35)(H,37,38). The maximum atomic E-state index is 13.5. The fraction of sp³-hybridized carbons (Fsp3) is 0.409. The molecule has 0 radical (unpaired) electrons. The van der Waals surface area contributed by atoms with Crippen LogP contribution in [0.2, 0.25) is 5.02 Å². The van der Waals surface area contributed by atoms with Crippen molar-refractivity contribution < 1.29 is 27.9 Å². The predicted molar refractivity (Wildman–Crippen MR) is 136 cm³/mol. The summed E-state index contributed by atoms with van der Waals surface area (Å²) in [6.45, 7) is 3.81. The van der Waals surface area contributed by atoms with E-state index in [4.69, 9.17) is 11.6 Å². The number of nitrogens with one attached hydrogen (secondary N) is 1. The van der Waals surface area contributed by atoms with E-state index >= 15 is 0 Å². The Morgan fingerprint density at radius 3 is 2.58 bits per heavy atom. The number of halogens is 5. The van der Waals surface area contributed by atoms with Crippen LogP contribution in [-0.4, -0.2) is 66.8 Å². The van der Waals surface area contributed by atoms with Gasteiger partial charge in [0.1, 0.15) is 12.2 Å². The first-order chi connectivity index (χ1) is 17.8. The number of rotatable bonds is 5. The molecule has 1 aliphatic rings. The van der Waals surface area contributed by atoms with Gasteiger partial charge in [-0.15, -0.1) is 5.10 Å². The highest BCUT2D eigenvalue weighted by molar-refractivity contribution is 9.10. The van der Waals surface area contributed by atoms with Crippen LogP contribution in [0.1, 0.15) is 25.1 Å². The van der Waals surface area contributed by atoms with Crippen LogP contribution in [0.4, 0.5) is 29.3 Å². The van der Waals surface area contributed by atoms with Crippen LogP contribution in [0.5, 0.6) is 0 Å². The zero-order chi connectivity index (χ0) is 27.9. The van der Waals surface area contributed by atoms with Crippen molar-refractivity contribution in [3.63, 3.8) is 0 Å². The summed E-state index contributed by atoms with van der Waals surface area (Å²) in [5, 5.41) is 15.7. The summed E-state index contributed by atoms with van der Waals surface area (Å²) in [5.74, 6) is -0.548. The molecule has 204 valence electrons.